The first kappa shape index (κ1) is 16.4. The minimum Gasteiger partial charge on any atom is -0.491 e. The number of hydrogen-bond acceptors (Lipinski definition) is 5. The highest BCUT2D eigenvalue weighted by molar-refractivity contribution is 5.80. The molecule has 1 unspecified atom stereocenters. The molecule has 8 heteroatoms. The molecule has 3 N–H and O–H groups in total. The number of aliphatic hydroxyl groups excluding tert-OH is 1. The van der Waals surface area contributed by atoms with Gasteiger partial charge in [-0.15, -0.1) is 0 Å². The van der Waals surface area contributed by atoms with E-state index in [0.717, 1.165) is 31.6 Å². The molecule has 0 aliphatic carbocycles. The highest BCUT2D eigenvalue weighted by Crippen LogP contribution is 2.31. The first-order valence-corrected chi connectivity index (χ1v) is 6.95. The van der Waals surface area contributed by atoms with Crippen LogP contribution in [0.4, 0.5) is 13.2 Å². The number of ether oxygens (including phenoxy) is 1. The third-order valence-corrected chi connectivity index (χ3v) is 3.01. The average molecular weight is 317 g/mol. The SMILES string of the molecule is OC(CNC1=NCCCN1)COc1cccc(C(F)(F)F)c1. The molecular formula is C14H18F3N3O2. The molecule has 2 rings (SSSR count). The molecule has 22 heavy (non-hydrogen) atoms. The predicted octanol–water partition coefficient (Wildman–Crippen LogP) is 1.38. The summed E-state index contributed by atoms with van der Waals surface area (Å²) in [5.41, 5.74) is -0.779. The van der Waals surface area contributed by atoms with Gasteiger partial charge in [0.25, 0.3) is 0 Å². The highest BCUT2D eigenvalue weighted by atomic mass is 19.4. The Morgan fingerprint density at radius 2 is 2.23 bits per heavy atom. The molecule has 0 aromatic heterocycles. The fourth-order valence-corrected chi connectivity index (χ4v) is 1.88. The summed E-state index contributed by atoms with van der Waals surface area (Å²) in [5, 5.41) is 15.7. The molecule has 1 aromatic rings. The Morgan fingerprint density at radius 1 is 1.41 bits per heavy atom. The van der Waals surface area contributed by atoms with Crippen molar-refractivity contribution < 1.29 is 23.0 Å². The maximum Gasteiger partial charge on any atom is 0.416 e. The second-order valence-electron chi connectivity index (χ2n) is 4.88. The van der Waals surface area contributed by atoms with Gasteiger partial charge in [0.1, 0.15) is 18.5 Å². The Labute approximate surface area is 126 Å². The smallest absolute Gasteiger partial charge is 0.416 e. The van der Waals surface area contributed by atoms with Crippen LogP contribution in [0.25, 0.3) is 0 Å². The van der Waals surface area contributed by atoms with Gasteiger partial charge >= 0.3 is 6.18 Å². The summed E-state index contributed by atoms with van der Waals surface area (Å²) in [5.74, 6) is 0.686. The zero-order valence-corrected chi connectivity index (χ0v) is 11.9. The van der Waals surface area contributed by atoms with Gasteiger partial charge in [-0.05, 0) is 24.6 Å². The number of aliphatic hydroxyl groups is 1. The van der Waals surface area contributed by atoms with Crippen LogP contribution in [-0.4, -0.2) is 43.4 Å². The van der Waals surface area contributed by atoms with Crippen LogP contribution in [0.2, 0.25) is 0 Å². The number of alkyl halides is 3. The lowest BCUT2D eigenvalue weighted by Gasteiger charge is -2.18. The van der Waals surface area contributed by atoms with E-state index in [1.54, 1.807) is 0 Å². The minimum absolute atomic E-state index is 0.0713. The quantitative estimate of drug-likeness (QED) is 0.768. The molecule has 0 saturated carbocycles. The van der Waals surface area contributed by atoms with Crippen molar-refractivity contribution in [1.82, 2.24) is 10.6 Å². The molecule has 0 saturated heterocycles. The van der Waals surface area contributed by atoms with Crippen molar-refractivity contribution >= 4 is 5.96 Å². The summed E-state index contributed by atoms with van der Waals surface area (Å²) in [6.45, 7) is 1.64. The van der Waals surface area contributed by atoms with E-state index < -0.39 is 17.8 Å². The van der Waals surface area contributed by atoms with E-state index in [2.05, 4.69) is 15.6 Å². The van der Waals surface area contributed by atoms with Crippen molar-refractivity contribution in [2.75, 3.05) is 26.2 Å². The number of aliphatic imine (C=N–C) groups is 1. The minimum atomic E-state index is -4.41. The van der Waals surface area contributed by atoms with E-state index in [4.69, 9.17) is 4.74 Å². The standard InChI is InChI=1S/C14H18F3N3O2/c15-14(16,17)10-3-1-4-12(7-10)22-9-11(21)8-20-13-18-5-2-6-19-13/h1,3-4,7,11,21H,2,5-6,8-9H2,(H2,18,19,20). The lowest BCUT2D eigenvalue weighted by atomic mass is 10.2. The Balaban J connectivity index is 1.78. The fraction of sp³-hybridized carbons (Fsp3) is 0.500. The van der Waals surface area contributed by atoms with Gasteiger partial charge in [0.05, 0.1) is 5.56 Å². The normalized spacial score (nSPS) is 16.5. The number of guanidine groups is 1. The number of rotatable bonds is 5. The Hall–Kier alpha value is -1.96. The Morgan fingerprint density at radius 3 is 2.91 bits per heavy atom. The second kappa shape index (κ2) is 7.35. The number of nitrogens with zero attached hydrogens (tertiary/aromatic N) is 1. The number of halogens is 3. The molecule has 1 heterocycles. The fourth-order valence-electron chi connectivity index (χ4n) is 1.88. The predicted molar refractivity (Wildman–Crippen MR) is 75.9 cm³/mol. The third kappa shape index (κ3) is 5.10. The summed E-state index contributed by atoms with van der Waals surface area (Å²) in [6.07, 6.45) is -4.31. The third-order valence-electron chi connectivity index (χ3n) is 3.01. The van der Waals surface area contributed by atoms with E-state index in [1.807, 2.05) is 0 Å². The maximum absolute atomic E-state index is 12.6. The van der Waals surface area contributed by atoms with Crippen molar-refractivity contribution in [2.45, 2.75) is 18.7 Å². The molecule has 1 aliphatic heterocycles. The van der Waals surface area contributed by atoms with E-state index in [0.29, 0.717) is 5.96 Å². The molecule has 0 bridgehead atoms. The Bertz CT molecular complexity index is 520. The molecule has 1 atom stereocenters. The summed E-state index contributed by atoms with van der Waals surface area (Å²) >= 11 is 0. The van der Waals surface area contributed by atoms with Crippen LogP contribution >= 0.6 is 0 Å². The van der Waals surface area contributed by atoms with Crippen molar-refractivity contribution in [2.24, 2.45) is 4.99 Å². The largest absolute Gasteiger partial charge is 0.491 e. The van der Waals surface area contributed by atoms with Crippen molar-refractivity contribution in [1.29, 1.82) is 0 Å². The van der Waals surface area contributed by atoms with Gasteiger partial charge in [0, 0.05) is 19.6 Å². The van der Waals surface area contributed by atoms with Gasteiger partial charge in [-0.1, -0.05) is 6.07 Å². The first-order chi connectivity index (χ1) is 10.4. The van der Waals surface area contributed by atoms with Crippen molar-refractivity contribution in [3.8, 4) is 5.75 Å². The number of nitrogens with one attached hydrogen (secondary N) is 2. The number of hydrogen-bond donors (Lipinski definition) is 3. The van der Waals surface area contributed by atoms with Gasteiger partial charge in [-0.3, -0.25) is 4.99 Å². The average Bonchev–Trinajstić information content (AvgIpc) is 2.51. The van der Waals surface area contributed by atoms with Crippen LogP contribution in [-0.2, 0) is 6.18 Å². The maximum atomic E-state index is 12.6. The Kier molecular flexibility index (Phi) is 5.48. The lowest BCUT2D eigenvalue weighted by Crippen LogP contribution is -2.44. The van der Waals surface area contributed by atoms with Crippen molar-refractivity contribution in [3.63, 3.8) is 0 Å². The molecule has 1 aliphatic rings. The summed E-state index contributed by atoms with van der Waals surface area (Å²) in [4.78, 5) is 4.18. The monoisotopic (exact) mass is 317 g/mol. The summed E-state index contributed by atoms with van der Waals surface area (Å²) in [7, 11) is 0. The van der Waals surface area contributed by atoms with Crippen LogP contribution < -0.4 is 15.4 Å². The van der Waals surface area contributed by atoms with Crippen molar-refractivity contribution in [3.05, 3.63) is 29.8 Å². The van der Waals surface area contributed by atoms with Gasteiger partial charge < -0.3 is 20.5 Å². The van der Waals surface area contributed by atoms with Crippen LogP contribution in [0.3, 0.4) is 0 Å². The van der Waals surface area contributed by atoms with E-state index >= 15 is 0 Å². The zero-order valence-electron chi connectivity index (χ0n) is 11.9. The molecular weight excluding hydrogens is 299 g/mol. The van der Waals surface area contributed by atoms with Crippen LogP contribution in [0.15, 0.2) is 29.3 Å². The van der Waals surface area contributed by atoms with Gasteiger partial charge in [0.2, 0.25) is 0 Å². The lowest BCUT2D eigenvalue weighted by molar-refractivity contribution is -0.137. The van der Waals surface area contributed by atoms with Gasteiger partial charge in [0.15, 0.2) is 5.96 Å². The summed E-state index contributed by atoms with van der Waals surface area (Å²) in [6, 6.07) is 4.57. The molecule has 1 aromatic carbocycles. The molecule has 0 amide bonds. The molecule has 0 spiro atoms. The first-order valence-electron chi connectivity index (χ1n) is 6.95. The zero-order chi connectivity index (χ0) is 16.0. The summed E-state index contributed by atoms with van der Waals surface area (Å²) < 4.78 is 42.9. The van der Waals surface area contributed by atoms with E-state index in [-0.39, 0.29) is 18.9 Å². The van der Waals surface area contributed by atoms with Gasteiger partial charge in [-0.2, -0.15) is 13.2 Å². The van der Waals surface area contributed by atoms with E-state index in [9.17, 15) is 18.3 Å². The van der Waals surface area contributed by atoms with Crippen LogP contribution in [0.5, 0.6) is 5.75 Å². The van der Waals surface area contributed by atoms with E-state index in [1.165, 1.54) is 12.1 Å². The molecule has 122 valence electrons. The molecule has 0 fully saturated rings. The highest BCUT2D eigenvalue weighted by Gasteiger charge is 2.30. The topological polar surface area (TPSA) is 65.9 Å². The number of benzene rings is 1. The molecule has 0 radical (unpaired) electrons. The van der Waals surface area contributed by atoms with Gasteiger partial charge in [-0.25, -0.2) is 0 Å². The molecule has 5 nitrogen and oxygen atoms in total. The second-order valence-corrected chi connectivity index (χ2v) is 4.88. The van der Waals surface area contributed by atoms with Crippen LogP contribution in [0, 0.1) is 0 Å². The van der Waals surface area contributed by atoms with Crippen LogP contribution in [0.1, 0.15) is 12.0 Å².